The molecule has 0 amide bonds. The van der Waals surface area contributed by atoms with Crippen molar-refractivity contribution in [3.8, 4) is 0 Å². The van der Waals surface area contributed by atoms with Gasteiger partial charge in [0.1, 0.15) is 5.78 Å². The Labute approximate surface area is 62.3 Å². The van der Waals surface area contributed by atoms with E-state index in [4.69, 9.17) is 0 Å². The maximum absolute atomic E-state index is 10.8. The molecule has 58 valence electrons. The van der Waals surface area contributed by atoms with Crippen molar-refractivity contribution in [2.75, 3.05) is 13.6 Å². The fourth-order valence-electron chi connectivity index (χ4n) is 0.725. The van der Waals surface area contributed by atoms with E-state index >= 15 is 0 Å². The van der Waals surface area contributed by atoms with Crippen LogP contribution in [0.15, 0.2) is 12.7 Å². The minimum atomic E-state index is 0.283. The van der Waals surface area contributed by atoms with Gasteiger partial charge in [-0.15, -0.1) is 6.58 Å². The van der Waals surface area contributed by atoms with Gasteiger partial charge >= 0.3 is 0 Å². The molecule has 0 aromatic rings. The number of nitrogens with one attached hydrogen (secondary N) is 1. The van der Waals surface area contributed by atoms with Crippen molar-refractivity contribution in [2.45, 2.75) is 19.3 Å². The van der Waals surface area contributed by atoms with Crippen LogP contribution >= 0.6 is 0 Å². The molecule has 2 nitrogen and oxygen atoms in total. The molecule has 0 saturated heterocycles. The summed E-state index contributed by atoms with van der Waals surface area (Å²) in [6.45, 7) is 4.41. The van der Waals surface area contributed by atoms with E-state index in [0.29, 0.717) is 12.8 Å². The van der Waals surface area contributed by atoms with Crippen LogP contribution in [0.5, 0.6) is 0 Å². The number of rotatable bonds is 6. The van der Waals surface area contributed by atoms with E-state index in [1.54, 1.807) is 6.08 Å². The molecule has 0 rings (SSSR count). The highest BCUT2D eigenvalue weighted by Gasteiger charge is 1.96. The van der Waals surface area contributed by atoms with Crippen LogP contribution in [-0.2, 0) is 4.79 Å². The first-order chi connectivity index (χ1) is 4.81. The number of Topliss-reactive ketones (excluding diaryl/α,β-unsaturated/α-hetero) is 1. The second kappa shape index (κ2) is 6.49. The Hall–Kier alpha value is -0.630. The van der Waals surface area contributed by atoms with Gasteiger partial charge in [0.2, 0.25) is 0 Å². The van der Waals surface area contributed by atoms with Crippen LogP contribution in [0.1, 0.15) is 19.3 Å². The van der Waals surface area contributed by atoms with Crippen LogP contribution < -0.4 is 5.32 Å². The van der Waals surface area contributed by atoms with Gasteiger partial charge in [0.15, 0.2) is 0 Å². The largest absolute Gasteiger partial charge is 0.320 e. The second-order valence-electron chi connectivity index (χ2n) is 2.24. The smallest absolute Gasteiger partial charge is 0.136 e. The Morgan fingerprint density at radius 1 is 1.70 bits per heavy atom. The molecule has 0 aliphatic carbocycles. The maximum Gasteiger partial charge on any atom is 0.136 e. The molecule has 0 atom stereocenters. The summed E-state index contributed by atoms with van der Waals surface area (Å²) in [6.07, 6.45) is 3.78. The summed E-state index contributed by atoms with van der Waals surface area (Å²) in [7, 11) is 1.89. The van der Waals surface area contributed by atoms with Crippen LogP contribution in [0, 0.1) is 0 Å². The summed E-state index contributed by atoms with van der Waals surface area (Å²) in [5, 5.41) is 2.99. The van der Waals surface area contributed by atoms with Gasteiger partial charge in [-0.25, -0.2) is 0 Å². The molecule has 2 heteroatoms. The molecule has 0 aromatic heterocycles. The molecule has 1 N–H and O–H groups in total. The summed E-state index contributed by atoms with van der Waals surface area (Å²) in [4.78, 5) is 10.8. The van der Waals surface area contributed by atoms with Gasteiger partial charge in [0.25, 0.3) is 0 Å². The van der Waals surface area contributed by atoms with Crippen molar-refractivity contribution in [2.24, 2.45) is 0 Å². The van der Waals surface area contributed by atoms with Crippen LogP contribution in [-0.4, -0.2) is 19.4 Å². The lowest BCUT2D eigenvalue weighted by Gasteiger charge is -1.96. The fourth-order valence-corrected chi connectivity index (χ4v) is 0.725. The summed E-state index contributed by atoms with van der Waals surface area (Å²) in [6, 6.07) is 0. The standard InChI is InChI=1S/C8H15NO/c1-3-5-8(10)6-4-7-9-2/h3,9H,1,4-7H2,2H3. The molecule has 0 aromatic carbocycles. The van der Waals surface area contributed by atoms with E-state index in [9.17, 15) is 4.79 Å². The van der Waals surface area contributed by atoms with Crippen molar-refractivity contribution in [3.63, 3.8) is 0 Å². The Bertz CT molecular complexity index is 110. The third kappa shape index (κ3) is 5.51. The molecular weight excluding hydrogens is 126 g/mol. The predicted molar refractivity (Wildman–Crippen MR) is 43.0 cm³/mol. The normalized spacial score (nSPS) is 9.30. The average molecular weight is 141 g/mol. The van der Waals surface area contributed by atoms with Crippen LogP contribution in [0.2, 0.25) is 0 Å². The van der Waals surface area contributed by atoms with Crippen molar-refractivity contribution < 1.29 is 4.79 Å². The highest BCUT2D eigenvalue weighted by atomic mass is 16.1. The Morgan fingerprint density at radius 3 is 2.90 bits per heavy atom. The molecule has 0 spiro atoms. The maximum atomic E-state index is 10.8. The average Bonchev–Trinajstić information content (AvgIpc) is 1.89. The minimum Gasteiger partial charge on any atom is -0.320 e. The molecule has 0 saturated carbocycles. The molecule has 10 heavy (non-hydrogen) atoms. The van der Waals surface area contributed by atoms with Gasteiger partial charge in [-0.2, -0.15) is 0 Å². The number of hydrogen-bond donors (Lipinski definition) is 1. The monoisotopic (exact) mass is 141 g/mol. The van der Waals surface area contributed by atoms with E-state index in [-0.39, 0.29) is 5.78 Å². The van der Waals surface area contributed by atoms with Crippen LogP contribution in [0.25, 0.3) is 0 Å². The molecular formula is C8H15NO. The first-order valence-corrected chi connectivity index (χ1v) is 3.58. The molecule has 0 aliphatic heterocycles. The summed E-state index contributed by atoms with van der Waals surface area (Å²) < 4.78 is 0. The molecule has 0 unspecified atom stereocenters. The van der Waals surface area contributed by atoms with E-state index < -0.39 is 0 Å². The number of hydrogen-bond acceptors (Lipinski definition) is 2. The lowest BCUT2D eigenvalue weighted by molar-refractivity contribution is -0.118. The van der Waals surface area contributed by atoms with Gasteiger partial charge < -0.3 is 5.32 Å². The molecule has 0 heterocycles. The van der Waals surface area contributed by atoms with Gasteiger partial charge in [0, 0.05) is 12.8 Å². The van der Waals surface area contributed by atoms with Crippen molar-refractivity contribution in [1.82, 2.24) is 5.32 Å². The summed E-state index contributed by atoms with van der Waals surface area (Å²) in [5.41, 5.74) is 0. The topological polar surface area (TPSA) is 29.1 Å². The first-order valence-electron chi connectivity index (χ1n) is 3.58. The quantitative estimate of drug-likeness (QED) is 0.444. The molecule has 0 fully saturated rings. The number of ketones is 1. The Kier molecular flexibility index (Phi) is 6.08. The number of allylic oxidation sites excluding steroid dienone is 1. The molecule has 0 bridgehead atoms. The second-order valence-corrected chi connectivity index (χ2v) is 2.24. The zero-order chi connectivity index (χ0) is 7.82. The van der Waals surface area contributed by atoms with Crippen molar-refractivity contribution >= 4 is 5.78 Å². The summed E-state index contributed by atoms with van der Waals surface area (Å²) in [5.74, 6) is 0.283. The van der Waals surface area contributed by atoms with Gasteiger partial charge in [-0.1, -0.05) is 6.08 Å². The van der Waals surface area contributed by atoms with E-state index in [1.165, 1.54) is 0 Å². The van der Waals surface area contributed by atoms with Crippen molar-refractivity contribution in [1.29, 1.82) is 0 Å². The fraction of sp³-hybridized carbons (Fsp3) is 0.625. The SMILES string of the molecule is C=CCC(=O)CCCNC. The summed E-state index contributed by atoms with van der Waals surface area (Å²) >= 11 is 0. The number of carbonyl (C=O) groups is 1. The zero-order valence-electron chi connectivity index (χ0n) is 6.52. The van der Waals surface area contributed by atoms with Crippen molar-refractivity contribution in [3.05, 3.63) is 12.7 Å². The predicted octanol–water partition coefficient (Wildman–Crippen LogP) is 1.13. The van der Waals surface area contributed by atoms with E-state index in [1.807, 2.05) is 7.05 Å². The van der Waals surface area contributed by atoms with Gasteiger partial charge in [-0.05, 0) is 20.0 Å². The Balaban J connectivity index is 3.13. The third-order valence-electron chi connectivity index (χ3n) is 1.25. The third-order valence-corrected chi connectivity index (χ3v) is 1.25. The van der Waals surface area contributed by atoms with Crippen LogP contribution in [0.4, 0.5) is 0 Å². The molecule has 0 radical (unpaired) electrons. The van der Waals surface area contributed by atoms with E-state index in [0.717, 1.165) is 13.0 Å². The van der Waals surface area contributed by atoms with E-state index in [2.05, 4.69) is 11.9 Å². The first kappa shape index (κ1) is 9.37. The van der Waals surface area contributed by atoms with Gasteiger partial charge in [0.05, 0.1) is 0 Å². The lowest BCUT2D eigenvalue weighted by atomic mass is 10.2. The zero-order valence-corrected chi connectivity index (χ0v) is 6.52. The molecule has 0 aliphatic rings. The number of carbonyl (C=O) groups excluding carboxylic acids is 1. The van der Waals surface area contributed by atoms with Gasteiger partial charge in [-0.3, -0.25) is 4.79 Å². The van der Waals surface area contributed by atoms with Crippen LogP contribution in [0.3, 0.4) is 0 Å². The Morgan fingerprint density at radius 2 is 2.40 bits per heavy atom. The highest BCUT2D eigenvalue weighted by Crippen LogP contribution is 1.93. The lowest BCUT2D eigenvalue weighted by Crippen LogP contribution is -2.09. The highest BCUT2D eigenvalue weighted by molar-refractivity contribution is 5.79. The minimum absolute atomic E-state index is 0.283.